The van der Waals surface area contributed by atoms with Crippen LogP contribution >= 0.6 is 38.9 Å². The van der Waals surface area contributed by atoms with Crippen molar-refractivity contribution in [1.82, 2.24) is 4.72 Å². The highest BCUT2D eigenvalue weighted by molar-refractivity contribution is 9.10. The van der Waals surface area contributed by atoms with Crippen LogP contribution in [0.5, 0.6) is 0 Å². The number of thiophene rings is 1. The largest absolute Gasteiger partial charge is 0.398 e. The molecule has 1 heterocycles. The average molecular weight is 396 g/mol. The number of aryl methyl sites for hydroxylation is 1. The Bertz CT molecular complexity index is 744. The molecule has 20 heavy (non-hydrogen) atoms. The average Bonchev–Trinajstić information content (AvgIpc) is 2.77. The topological polar surface area (TPSA) is 72.2 Å². The second-order valence-electron chi connectivity index (χ2n) is 4.16. The van der Waals surface area contributed by atoms with Crippen LogP contribution in [-0.4, -0.2) is 8.42 Å². The summed E-state index contributed by atoms with van der Waals surface area (Å²) in [7, 11) is -3.68. The summed E-state index contributed by atoms with van der Waals surface area (Å²) in [5.41, 5.74) is 7.05. The Labute approximate surface area is 135 Å². The van der Waals surface area contributed by atoms with Crippen LogP contribution < -0.4 is 10.5 Å². The van der Waals surface area contributed by atoms with E-state index < -0.39 is 10.0 Å². The molecule has 108 valence electrons. The zero-order chi connectivity index (χ0) is 14.9. The molecule has 0 spiro atoms. The van der Waals surface area contributed by atoms with E-state index in [2.05, 4.69) is 20.7 Å². The summed E-state index contributed by atoms with van der Waals surface area (Å²) in [5.74, 6) is 0. The number of hydrogen-bond acceptors (Lipinski definition) is 4. The van der Waals surface area contributed by atoms with Crippen LogP contribution in [0.3, 0.4) is 0 Å². The van der Waals surface area contributed by atoms with E-state index in [4.69, 9.17) is 17.3 Å². The van der Waals surface area contributed by atoms with E-state index in [1.54, 1.807) is 0 Å². The lowest BCUT2D eigenvalue weighted by Gasteiger charge is -2.10. The van der Waals surface area contributed by atoms with E-state index in [1.165, 1.54) is 23.5 Å². The fraction of sp³-hybridized carbons (Fsp3) is 0.167. The van der Waals surface area contributed by atoms with E-state index in [0.717, 1.165) is 10.4 Å². The normalized spacial score (nSPS) is 11.8. The Morgan fingerprint density at radius 1 is 1.45 bits per heavy atom. The van der Waals surface area contributed by atoms with Crippen molar-refractivity contribution in [3.63, 3.8) is 0 Å². The quantitative estimate of drug-likeness (QED) is 0.778. The number of nitrogen functional groups attached to an aromatic ring is 1. The van der Waals surface area contributed by atoms with Gasteiger partial charge >= 0.3 is 0 Å². The van der Waals surface area contributed by atoms with Crippen molar-refractivity contribution >= 4 is 54.6 Å². The highest BCUT2D eigenvalue weighted by Gasteiger charge is 2.20. The van der Waals surface area contributed by atoms with Gasteiger partial charge in [-0.2, -0.15) is 0 Å². The maximum Gasteiger partial charge on any atom is 0.242 e. The number of halogens is 2. The molecule has 0 aliphatic heterocycles. The first-order valence-electron chi connectivity index (χ1n) is 5.58. The van der Waals surface area contributed by atoms with Crippen LogP contribution in [0.15, 0.2) is 32.9 Å². The molecule has 0 saturated heterocycles. The molecular formula is C12H12BrClN2O2S2. The summed E-state index contributed by atoms with van der Waals surface area (Å²) >= 11 is 10.6. The van der Waals surface area contributed by atoms with Gasteiger partial charge in [0.15, 0.2) is 0 Å². The lowest BCUT2D eigenvalue weighted by Crippen LogP contribution is -2.23. The number of nitrogens with one attached hydrogen (secondary N) is 1. The zero-order valence-corrected chi connectivity index (χ0v) is 14.5. The number of sulfonamides is 1. The van der Waals surface area contributed by atoms with E-state index >= 15 is 0 Å². The molecule has 2 aromatic rings. The van der Waals surface area contributed by atoms with Crippen molar-refractivity contribution in [1.29, 1.82) is 0 Å². The number of nitrogens with two attached hydrogens (primary N) is 1. The summed E-state index contributed by atoms with van der Waals surface area (Å²) < 4.78 is 27.5. The Balaban J connectivity index is 2.29. The third-order valence-electron chi connectivity index (χ3n) is 2.71. The minimum absolute atomic E-state index is 0.0386. The van der Waals surface area contributed by atoms with E-state index in [9.17, 15) is 8.42 Å². The molecule has 0 aliphatic carbocycles. The van der Waals surface area contributed by atoms with Gasteiger partial charge in [-0.3, -0.25) is 0 Å². The van der Waals surface area contributed by atoms with E-state index in [-0.39, 0.29) is 22.2 Å². The molecule has 0 aliphatic rings. The predicted molar refractivity (Wildman–Crippen MR) is 86.6 cm³/mol. The van der Waals surface area contributed by atoms with Gasteiger partial charge in [0.2, 0.25) is 10.0 Å². The van der Waals surface area contributed by atoms with Crippen molar-refractivity contribution in [2.24, 2.45) is 0 Å². The molecule has 1 aromatic heterocycles. The standard InChI is InChI=1S/C12H12BrClN2O2S2/c1-7-2-3-19-10(7)6-16-20(17,18)11-5-8(14)4-9(15)12(11)13/h2-5,16H,6,15H2,1H3. The molecule has 0 unspecified atom stereocenters. The van der Waals surface area contributed by atoms with Gasteiger partial charge < -0.3 is 5.73 Å². The lowest BCUT2D eigenvalue weighted by molar-refractivity contribution is 0.581. The van der Waals surface area contributed by atoms with Crippen LogP contribution in [0.1, 0.15) is 10.4 Å². The molecule has 2 rings (SSSR count). The monoisotopic (exact) mass is 394 g/mol. The van der Waals surface area contributed by atoms with Crippen LogP contribution in [0, 0.1) is 6.92 Å². The van der Waals surface area contributed by atoms with E-state index in [1.807, 2.05) is 18.4 Å². The van der Waals surface area contributed by atoms with Gasteiger partial charge in [-0.25, -0.2) is 13.1 Å². The molecule has 3 N–H and O–H groups in total. The Morgan fingerprint density at radius 2 is 2.15 bits per heavy atom. The first-order chi connectivity index (χ1) is 9.31. The van der Waals surface area contributed by atoms with Crippen LogP contribution in [-0.2, 0) is 16.6 Å². The number of rotatable bonds is 4. The first kappa shape index (κ1) is 15.8. The first-order valence-corrected chi connectivity index (χ1v) is 9.12. The number of benzene rings is 1. The van der Waals surface area contributed by atoms with Gasteiger partial charge in [-0.1, -0.05) is 11.6 Å². The van der Waals surface area contributed by atoms with E-state index in [0.29, 0.717) is 4.47 Å². The summed E-state index contributed by atoms with van der Waals surface area (Å²) in [6.45, 7) is 2.18. The van der Waals surface area contributed by atoms with Crippen molar-refractivity contribution in [2.45, 2.75) is 18.4 Å². The molecule has 0 amide bonds. The van der Waals surface area contributed by atoms with Gasteiger partial charge in [0, 0.05) is 22.1 Å². The minimum atomic E-state index is -3.68. The minimum Gasteiger partial charge on any atom is -0.398 e. The van der Waals surface area contributed by atoms with Crippen molar-refractivity contribution in [3.05, 3.63) is 43.5 Å². The SMILES string of the molecule is Cc1ccsc1CNS(=O)(=O)c1cc(Cl)cc(N)c1Br. The van der Waals surface area contributed by atoms with Crippen molar-refractivity contribution in [3.8, 4) is 0 Å². The molecular weight excluding hydrogens is 384 g/mol. The third kappa shape index (κ3) is 3.35. The third-order valence-corrected chi connectivity index (χ3v) is 6.53. The molecule has 0 atom stereocenters. The van der Waals surface area contributed by atoms with Gasteiger partial charge in [0.05, 0.1) is 9.37 Å². The van der Waals surface area contributed by atoms with Crippen molar-refractivity contribution < 1.29 is 8.42 Å². The van der Waals surface area contributed by atoms with Crippen LogP contribution in [0.4, 0.5) is 5.69 Å². The Kier molecular flexibility index (Phi) is 4.76. The highest BCUT2D eigenvalue weighted by Crippen LogP contribution is 2.31. The summed E-state index contributed by atoms with van der Waals surface area (Å²) in [6, 6.07) is 4.81. The smallest absolute Gasteiger partial charge is 0.242 e. The molecule has 0 fully saturated rings. The highest BCUT2D eigenvalue weighted by atomic mass is 79.9. The van der Waals surface area contributed by atoms with Gasteiger partial charge in [0.1, 0.15) is 0 Å². The zero-order valence-electron chi connectivity index (χ0n) is 10.5. The summed E-state index contributed by atoms with van der Waals surface area (Å²) in [4.78, 5) is 1.01. The fourth-order valence-electron chi connectivity index (χ4n) is 1.60. The van der Waals surface area contributed by atoms with Gasteiger partial charge in [-0.15, -0.1) is 11.3 Å². The summed E-state index contributed by atoms with van der Waals surface area (Å²) in [5, 5.41) is 2.20. The number of anilines is 1. The Morgan fingerprint density at radius 3 is 2.75 bits per heavy atom. The molecule has 0 saturated carbocycles. The maximum absolute atomic E-state index is 12.3. The Hall–Kier alpha value is -0.600. The molecule has 8 heteroatoms. The second-order valence-corrected chi connectivity index (χ2v) is 8.12. The predicted octanol–water partition coefficient (Wildman–Crippen LogP) is 3.53. The van der Waals surface area contributed by atoms with Gasteiger partial charge in [-0.05, 0) is 52.0 Å². The molecule has 4 nitrogen and oxygen atoms in total. The molecule has 1 aromatic carbocycles. The van der Waals surface area contributed by atoms with Crippen LogP contribution in [0.2, 0.25) is 5.02 Å². The molecule has 0 radical (unpaired) electrons. The number of hydrogen-bond donors (Lipinski definition) is 2. The fourth-order valence-corrected chi connectivity index (χ4v) is 4.83. The lowest BCUT2D eigenvalue weighted by atomic mass is 10.3. The second kappa shape index (κ2) is 6.03. The molecule has 0 bridgehead atoms. The summed E-state index contributed by atoms with van der Waals surface area (Å²) in [6.07, 6.45) is 0. The van der Waals surface area contributed by atoms with Crippen molar-refractivity contribution in [2.75, 3.05) is 5.73 Å². The van der Waals surface area contributed by atoms with Gasteiger partial charge in [0.25, 0.3) is 0 Å². The maximum atomic E-state index is 12.3. The van der Waals surface area contributed by atoms with Crippen LogP contribution in [0.25, 0.3) is 0 Å².